The van der Waals surface area contributed by atoms with Gasteiger partial charge in [0.1, 0.15) is 5.82 Å². The lowest BCUT2D eigenvalue weighted by molar-refractivity contribution is -0.0985. The van der Waals surface area contributed by atoms with Crippen LogP contribution < -0.4 is 10.6 Å². The van der Waals surface area contributed by atoms with Gasteiger partial charge in [0.05, 0.1) is 40.6 Å². The maximum atomic E-state index is 13.8. The molecule has 1 aliphatic rings. The van der Waals surface area contributed by atoms with Crippen LogP contribution in [0.2, 0.25) is 10.0 Å². The third kappa shape index (κ3) is 5.06. The summed E-state index contributed by atoms with van der Waals surface area (Å²) in [6.45, 7) is 6.74. The lowest BCUT2D eigenvalue weighted by atomic mass is 9.70. The summed E-state index contributed by atoms with van der Waals surface area (Å²) in [6, 6.07) is 8.07. The molecule has 0 saturated carbocycles. The molecule has 0 aliphatic carbocycles. The molecule has 3 aromatic rings. The van der Waals surface area contributed by atoms with Crippen LogP contribution in [-0.2, 0) is 17.7 Å². The van der Waals surface area contributed by atoms with Gasteiger partial charge in [-0.05, 0) is 47.7 Å². The highest BCUT2D eigenvalue weighted by Crippen LogP contribution is 2.42. The van der Waals surface area contributed by atoms with E-state index in [1.807, 2.05) is 30.2 Å². The topological polar surface area (TPSA) is 93.6 Å². The molecule has 1 amide bonds. The largest absolute Gasteiger partial charge is 0.438 e. The van der Waals surface area contributed by atoms with Crippen molar-refractivity contribution in [1.29, 1.82) is 0 Å². The predicted octanol–water partition coefficient (Wildman–Crippen LogP) is 5.03. The lowest BCUT2D eigenvalue weighted by Gasteiger charge is -2.47. The number of halogens is 3. The number of aliphatic hydroxyl groups excluding tert-OH is 1. The molecule has 0 spiro atoms. The van der Waals surface area contributed by atoms with Crippen molar-refractivity contribution < 1.29 is 19.0 Å². The number of primary amides is 1. The van der Waals surface area contributed by atoms with Crippen molar-refractivity contribution >= 4 is 46.0 Å². The minimum absolute atomic E-state index is 0.187. The predicted molar refractivity (Wildman–Crippen MR) is 136 cm³/mol. The number of fused-ring (bicyclic) bond motifs is 2. The Balaban J connectivity index is 1.76. The summed E-state index contributed by atoms with van der Waals surface area (Å²) in [5, 5.41) is 11.6. The fourth-order valence-corrected chi connectivity index (χ4v) is 5.47. The number of rotatable bonds is 7. The van der Waals surface area contributed by atoms with Gasteiger partial charge in [-0.3, -0.25) is 0 Å². The van der Waals surface area contributed by atoms with Crippen molar-refractivity contribution in [2.45, 2.75) is 39.3 Å². The fourth-order valence-electron chi connectivity index (χ4n) is 5.16. The first kappa shape index (κ1) is 25.5. The number of amides is 1. The molecule has 0 fully saturated rings. The Kier molecular flexibility index (Phi) is 6.92. The van der Waals surface area contributed by atoms with Crippen LogP contribution in [0.1, 0.15) is 26.3 Å². The second-order valence-corrected chi connectivity index (χ2v) is 11.0. The fraction of sp³-hybridized carbons (Fsp3) is 0.440. The van der Waals surface area contributed by atoms with E-state index in [9.17, 15) is 14.3 Å². The van der Waals surface area contributed by atoms with Crippen LogP contribution in [0, 0.1) is 17.2 Å². The molecule has 0 saturated heterocycles. The maximum absolute atomic E-state index is 13.8. The van der Waals surface area contributed by atoms with Crippen molar-refractivity contribution in [3.63, 3.8) is 0 Å². The molecule has 2 atom stereocenters. The van der Waals surface area contributed by atoms with Gasteiger partial charge in [-0.15, -0.1) is 0 Å². The van der Waals surface area contributed by atoms with Crippen LogP contribution in [0.15, 0.2) is 36.7 Å². The van der Waals surface area contributed by atoms with E-state index in [1.54, 1.807) is 24.5 Å². The van der Waals surface area contributed by atoms with Crippen molar-refractivity contribution in [1.82, 2.24) is 9.55 Å². The summed E-state index contributed by atoms with van der Waals surface area (Å²) in [5.41, 5.74) is 6.90. The highest BCUT2D eigenvalue weighted by atomic mass is 35.5. The van der Waals surface area contributed by atoms with Crippen LogP contribution in [0.4, 0.5) is 14.9 Å². The number of anilines is 1. The number of benzene rings is 2. The molecule has 2 heterocycles. The van der Waals surface area contributed by atoms with Gasteiger partial charge in [-0.25, -0.2) is 14.2 Å². The quantitative estimate of drug-likeness (QED) is 0.453. The smallest absolute Gasteiger partial charge is 0.405 e. The molecular formula is C25H29Cl2FN4O3. The molecule has 2 aromatic carbocycles. The summed E-state index contributed by atoms with van der Waals surface area (Å²) in [6.07, 6.45) is 1.35. The van der Waals surface area contributed by atoms with Crippen molar-refractivity contribution in [2.24, 2.45) is 17.1 Å². The number of imidazole rings is 1. The van der Waals surface area contributed by atoms with Crippen LogP contribution >= 0.6 is 23.2 Å². The van der Waals surface area contributed by atoms with Crippen molar-refractivity contribution in [3.05, 3.63) is 58.1 Å². The number of hydrogen-bond donors (Lipinski definition) is 2. The van der Waals surface area contributed by atoms with Gasteiger partial charge < -0.3 is 25.0 Å². The summed E-state index contributed by atoms with van der Waals surface area (Å²) in [4.78, 5) is 18.6. The van der Waals surface area contributed by atoms with E-state index in [0.717, 1.165) is 16.8 Å². The number of ether oxygens (including phenoxy) is 1. The third-order valence-electron chi connectivity index (χ3n) is 6.79. The summed E-state index contributed by atoms with van der Waals surface area (Å²) in [5.74, 6) is -0.699. The van der Waals surface area contributed by atoms with Crippen LogP contribution in [-0.4, -0.2) is 46.0 Å². The van der Waals surface area contributed by atoms with Gasteiger partial charge in [-0.2, -0.15) is 0 Å². The van der Waals surface area contributed by atoms with Gasteiger partial charge >= 0.3 is 6.09 Å². The van der Waals surface area contributed by atoms with E-state index >= 15 is 0 Å². The van der Waals surface area contributed by atoms with E-state index < -0.39 is 29.6 Å². The summed E-state index contributed by atoms with van der Waals surface area (Å²) in [7, 11) is 0. The Bertz CT molecular complexity index is 1260. The Morgan fingerprint density at radius 2 is 1.97 bits per heavy atom. The van der Waals surface area contributed by atoms with Crippen molar-refractivity contribution in [2.75, 3.05) is 24.6 Å². The SMILES string of the molecule is CC(C)(C)C(Cn1cnc2cc(Cl)c(Cl)cc21)[C@](CO)(CN1CCc2cc(F)ccc21)OC(N)=O. The monoisotopic (exact) mass is 522 g/mol. The first-order chi connectivity index (χ1) is 16.4. The summed E-state index contributed by atoms with van der Waals surface area (Å²) >= 11 is 12.4. The first-order valence-corrected chi connectivity index (χ1v) is 12.1. The van der Waals surface area contributed by atoms with E-state index in [1.165, 1.54) is 12.1 Å². The zero-order valence-corrected chi connectivity index (χ0v) is 21.4. The molecule has 35 heavy (non-hydrogen) atoms. The van der Waals surface area contributed by atoms with Crippen LogP contribution in [0.25, 0.3) is 11.0 Å². The summed E-state index contributed by atoms with van der Waals surface area (Å²) < 4.78 is 21.5. The Morgan fingerprint density at radius 3 is 2.63 bits per heavy atom. The van der Waals surface area contributed by atoms with E-state index in [-0.39, 0.29) is 12.4 Å². The average molecular weight is 523 g/mol. The third-order valence-corrected chi connectivity index (χ3v) is 7.51. The van der Waals surface area contributed by atoms with Crippen molar-refractivity contribution in [3.8, 4) is 0 Å². The number of carbonyl (C=O) groups is 1. The zero-order valence-electron chi connectivity index (χ0n) is 19.9. The molecule has 4 rings (SSSR count). The van der Waals surface area contributed by atoms with Crippen LogP contribution in [0.5, 0.6) is 0 Å². The molecule has 188 valence electrons. The second-order valence-electron chi connectivity index (χ2n) is 10.2. The van der Waals surface area contributed by atoms with E-state index in [4.69, 9.17) is 33.7 Å². The standard InChI is InChI=1S/C25H29Cl2FN4O3/c1-24(2,3)22(11-32-14-30-19-9-17(26)18(27)10-21(19)32)25(13-33,35-23(29)34)12-31-7-6-15-8-16(28)4-5-20(15)31/h4-5,8-10,14,22,33H,6-7,11-13H2,1-3H3,(H2,29,34)/t22?,25-/m1/s1. The van der Waals surface area contributed by atoms with Crippen LogP contribution in [0.3, 0.4) is 0 Å². The second kappa shape index (κ2) is 9.48. The minimum Gasteiger partial charge on any atom is -0.438 e. The number of carbonyl (C=O) groups excluding carboxylic acids is 1. The lowest BCUT2D eigenvalue weighted by Crippen LogP contribution is -2.59. The number of aliphatic hydroxyl groups is 1. The number of hydrogen-bond acceptors (Lipinski definition) is 5. The zero-order chi connectivity index (χ0) is 25.5. The minimum atomic E-state index is -1.35. The number of nitrogens with zero attached hydrogens (tertiary/aromatic N) is 3. The molecular weight excluding hydrogens is 494 g/mol. The number of aromatic nitrogens is 2. The van der Waals surface area contributed by atoms with Gasteiger partial charge in [0.25, 0.3) is 0 Å². The highest BCUT2D eigenvalue weighted by molar-refractivity contribution is 6.42. The Morgan fingerprint density at radius 1 is 1.26 bits per heavy atom. The number of nitrogens with two attached hydrogens (primary N) is 1. The Hall–Kier alpha value is -2.55. The van der Waals surface area contributed by atoms with E-state index in [0.29, 0.717) is 35.1 Å². The van der Waals surface area contributed by atoms with Gasteiger partial charge in [-0.1, -0.05) is 44.0 Å². The molecule has 1 aliphatic heterocycles. The van der Waals surface area contributed by atoms with E-state index in [2.05, 4.69) is 4.98 Å². The molecule has 3 N–H and O–H groups in total. The maximum Gasteiger partial charge on any atom is 0.405 e. The molecule has 1 unspecified atom stereocenters. The van der Waals surface area contributed by atoms with Gasteiger partial charge in [0.15, 0.2) is 5.60 Å². The highest BCUT2D eigenvalue weighted by Gasteiger charge is 2.49. The van der Waals surface area contributed by atoms with Gasteiger partial charge in [0, 0.05) is 24.7 Å². The molecule has 0 bridgehead atoms. The molecule has 7 nitrogen and oxygen atoms in total. The Labute approximate surface area is 213 Å². The molecule has 10 heteroatoms. The average Bonchev–Trinajstić information content (AvgIpc) is 3.34. The normalized spacial score (nSPS) is 16.3. The van der Waals surface area contributed by atoms with Gasteiger partial charge in [0.2, 0.25) is 0 Å². The molecule has 0 radical (unpaired) electrons. The molecule has 1 aromatic heterocycles. The first-order valence-electron chi connectivity index (χ1n) is 11.4.